The molecule has 2 unspecified atom stereocenters. The molecule has 1 nitrogen and oxygen atoms in total. The molecule has 0 heterocycles. The molecule has 0 radical (unpaired) electrons. The Hall–Kier alpha value is -2.15. The highest BCUT2D eigenvalue weighted by molar-refractivity contribution is 5.88. The molecule has 0 saturated heterocycles. The molecule has 2 aromatic carbocycles. The lowest BCUT2D eigenvalue weighted by Gasteiger charge is -2.19. The number of unbranched alkanes of at least 4 members (excludes halogenated alkanes) is 1. The first kappa shape index (κ1) is 18.6. The zero-order chi connectivity index (χ0) is 18.4. The van der Waals surface area contributed by atoms with Crippen LogP contribution >= 0.6 is 0 Å². The highest BCUT2D eigenvalue weighted by Crippen LogP contribution is 2.43. The van der Waals surface area contributed by atoms with Crippen molar-refractivity contribution in [3.8, 4) is 0 Å². The Morgan fingerprint density at radius 1 is 0.962 bits per heavy atom. The highest BCUT2D eigenvalue weighted by Gasteiger charge is 2.33. The summed E-state index contributed by atoms with van der Waals surface area (Å²) < 4.78 is 0. The van der Waals surface area contributed by atoms with Crippen LogP contribution in [0.5, 0.6) is 0 Å². The van der Waals surface area contributed by atoms with E-state index < -0.39 is 0 Å². The minimum Gasteiger partial charge on any atom is -0.299 e. The van der Waals surface area contributed by atoms with Crippen molar-refractivity contribution in [2.24, 2.45) is 11.8 Å². The van der Waals surface area contributed by atoms with Gasteiger partial charge in [0.15, 0.2) is 0 Å². The van der Waals surface area contributed by atoms with Crippen LogP contribution < -0.4 is 0 Å². The summed E-state index contributed by atoms with van der Waals surface area (Å²) in [6.45, 7) is 4.50. The van der Waals surface area contributed by atoms with Crippen molar-refractivity contribution in [2.45, 2.75) is 51.9 Å². The molecule has 0 spiro atoms. The highest BCUT2D eigenvalue weighted by atomic mass is 16.1. The van der Waals surface area contributed by atoms with Gasteiger partial charge in [0.05, 0.1) is 0 Å². The Morgan fingerprint density at radius 2 is 1.62 bits per heavy atom. The predicted octanol–water partition coefficient (Wildman–Crippen LogP) is 6.66. The van der Waals surface area contributed by atoms with Gasteiger partial charge in [-0.2, -0.15) is 0 Å². The predicted molar refractivity (Wildman–Crippen MR) is 110 cm³/mol. The molecule has 136 valence electrons. The number of rotatable bonds is 8. The van der Waals surface area contributed by atoms with Crippen molar-refractivity contribution in [2.75, 3.05) is 0 Å². The second-order valence-corrected chi connectivity index (χ2v) is 7.91. The number of hydrogen-bond donors (Lipinski definition) is 0. The second kappa shape index (κ2) is 8.98. The van der Waals surface area contributed by atoms with Crippen molar-refractivity contribution in [3.63, 3.8) is 0 Å². The minimum atomic E-state index is 0.0201. The van der Waals surface area contributed by atoms with Crippen molar-refractivity contribution in [1.29, 1.82) is 0 Å². The molecule has 1 aliphatic carbocycles. The lowest BCUT2D eigenvalue weighted by Crippen LogP contribution is -2.17. The van der Waals surface area contributed by atoms with Gasteiger partial charge >= 0.3 is 0 Å². The van der Waals surface area contributed by atoms with E-state index in [-0.39, 0.29) is 11.8 Å². The van der Waals surface area contributed by atoms with E-state index in [2.05, 4.69) is 68.5 Å². The molecule has 26 heavy (non-hydrogen) atoms. The van der Waals surface area contributed by atoms with Crippen molar-refractivity contribution in [3.05, 3.63) is 77.9 Å². The summed E-state index contributed by atoms with van der Waals surface area (Å²) in [5.74, 6) is 1.43. The molecule has 3 rings (SSSR count). The quantitative estimate of drug-likeness (QED) is 0.488. The van der Waals surface area contributed by atoms with Crippen molar-refractivity contribution < 1.29 is 4.79 Å². The van der Waals surface area contributed by atoms with Crippen molar-refractivity contribution >= 4 is 11.4 Å². The largest absolute Gasteiger partial charge is 0.299 e. The van der Waals surface area contributed by atoms with Crippen LogP contribution in [0.2, 0.25) is 0 Å². The fourth-order valence-corrected chi connectivity index (χ4v) is 3.99. The standard InChI is InChI=1S/C25H30O/c1-19(2)11-9-10-16-25(26)24-18-22(20-12-5-3-6-13-20)17-23(24)21-14-7-4-8-15-21/h3-8,12-15,18-19,23-24H,9-11,16-17H2,1-2H3. The van der Waals surface area contributed by atoms with Gasteiger partial charge < -0.3 is 0 Å². The van der Waals surface area contributed by atoms with Crippen LogP contribution in [0.25, 0.3) is 5.57 Å². The van der Waals surface area contributed by atoms with Gasteiger partial charge in [-0.05, 0) is 35.5 Å². The van der Waals surface area contributed by atoms with Crippen LogP contribution in [0.3, 0.4) is 0 Å². The van der Waals surface area contributed by atoms with Gasteiger partial charge in [0.25, 0.3) is 0 Å². The molecule has 0 fully saturated rings. The number of allylic oxidation sites excluding steroid dienone is 2. The molecule has 1 aliphatic rings. The maximum absolute atomic E-state index is 13.0. The van der Waals surface area contributed by atoms with E-state index in [1.807, 2.05) is 12.1 Å². The van der Waals surface area contributed by atoms with E-state index >= 15 is 0 Å². The lowest BCUT2D eigenvalue weighted by atomic mass is 9.84. The Balaban J connectivity index is 1.75. The molecular formula is C25H30O. The van der Waals surface area contributed by atoms with Crippen LogP contribution in [0.4, 0.5) is 0 Å². The summed E-state index contributed by atoms with van der Waals surface area (Å²) >= 11 is 0. The molecule has 0 aliphatic heterocycles. The van der Waals surface area contributed by atoms with Crippen LogP contribution in [0.15, 0.2) is 66.7 Å². The first-order valence-corrected chi connectivity index (χ1v) is 9.99. The van der Waals surface area contributed by atoms with Gasteiger partial charge in [-0.25, -0.2) is 0 Å². The monoisotopic (exact) mass is 346 g/mol. The van der Waals surface area contributed by atoms with Crippen LogP contribution in [-0.2, 0) is 4.79 Å². The Labute approximate surface area is 158 Å². The number of benzene rings is 2. The summed E-state index contributed by atoms with van der Waals surface area (Å²) in [6.07, 6.45) is 7.30. The average molecular weight is 347 g/mol. The summed E-state index contributed by atoms with van der Waals surface area (Å²) in [6, 6.07) is 21.1. The van der Waals surface area contributed by atoms with Crippen molar-refractivity contribution in [1.82, 2.24) is 0 Å². The third kappa shape index (κ3) is 4.72. The smallest absolute Gasteiger partial charge is 0.140 e. The summed E-state index contributed by atoms with van der Waals surface area (Å²) in [5, 5.41) is 0. The zero-order valence-corrected chi connectivity index (χ0v) is 16.0. The van der Waals surface area contributed by atoms with Gasteiger partial charge in [-0.15, -0.1) is 0 Å². The van der Waals surface area contributed by atoms with E-state index in [1.54, 1.807) is 0 Å². The fraction of sp³-hybridized carbons (Fsp3) is 0.400. The maximum atomic E-state index is 13.0. The summed E-state index contributed by atoms with van der Waals surface area (Å²) in [7, 11) is 0. The van der Waals surface area contributed by atoms with Crippen LogP contribution in [0, 0.1) is 11.8 Å². The fourth-order valence-electron chi connectivity index (χ4n) is 3.99. The van der Waals surface area contributed by atoms with E-state index in [0.717, 1.165) is 25.2 Å². The van der Waals surface area contributed by atoms with Gasteiger partial charge in [0.1, 0.15) is 5.78 Å². The number of carbonyl (C=O) groups excluding carboxylic acids is 1. The van der Waals surface area contributed by atoms with E-state index in [0.29, 0.717) is 12.2 Å². The number of ketones is 1. The van der Waals surface area contributed by atoms with E-state index in [4.69, 9.17) is 0 Å². The maximum Gasteiger partial charge on any atom is 0.140 e. The minimum absolute atomic E-state index is 0.0201. The Morgan fingerprint density at radius 3 is 2.27 bits per heavy atom. The molecule has 1 heteroatoms. The van der Waals surface area contributed by atoms with Gasteiger partial charge in [0, 0.05) is 18.3 Å². The Bertz CT molecular complexity index is 727. The SMILES string of the molecule is CC(C)CCCCC(=O)C1C=C(c2ccccc2)CC1c1ccccc1. The molecule has 0 aromatic heterocycles. The van der Waals surface area contributed by atoms with E-state index in [1.165, 1.54) is 23.1 Å². The van der Waals surface area contributed by atoms with Gasteiger partial charge in [0.2, 0.25) is 0 Å². The molecule has 0 N–H and O–H groups in total. The summed E-state index contributed by atoms with van der Waals surface area (Å²) in [4.78, 5) is 13.0. The normalized spacial score (nSPS) is 19.6. The molecule has 0 amide bonds. The molecule has 0 bridgehead atoms. The molecule has 0 saturated carbocycles. The zero-order valence-electron chi connectivity index (χ0n) is 16.0. The molecule has 2 atom stereocenters. The first-order chi connectivity index (χ1) is 12.6. The topological polar surface area (TPSA) is 17.1 Å². The van der Waals surface area contributed by atoms with Crippen LogP contribution in [-0.4, -0.2) is 5.78 Å². The average Bonchev–Trinajstić information content (AvgIpc) is 3.12. The molecular weight excluding hydrogens is 316 g/mol. The Kier molecular flexibility index (Phi) is 6.44. The number of hydrogen-bond acceptors (Lipinski definition) is 1. The van der Waals surface area contributed by atoms with E-state index in [9.17, 15) is 4.79 Å². The third-order valence-electron chi connectivity index (χ3n) is 5.45. The number of Topliss-reactive ketones (excluding diaryl/α,β-unsaturated/α-hetero) is 1. The number of carbonyl (C=O) groups is 1. The molecule has 2 aromatic rings. The lowest BCUT2D eigenvalue weighted by molar-refractivity contribution is -0.122. The first-order valence-electron chi connectivity index (χ1n) is 9.99. The van der Waals surface area contributed by atoms with Crippen LogP contribution in [0.1, 0.15) is 63.0 Å². The summed E-state index contributed by atoms with van der Waals surface area (Å²) in [5.41, 5.74) is 3.86. The third-order valence-corrected chi connectivity index (χ3v) is 5.45. The van der Waals surface area contributed by atoms with Gasteiger partial charge in [-0.3, -0.25) is 4.79 Å². The second-order valence-electron chi connectivity index (χ2n) is 7.91. The van der Waals surface area contributed by atoms with Gasteiger partial charge in [-0.1, -0.05) is 93.4 Å².